The molecule has 0 bridgehead atoms. The molecule has 0 aromatic heterocycles. The van der Waals surface area contributed by atoms with E-state index in [2.05, 4.69) is 6.07 Å². The summed E-state index contributed by atoms with van der Waals surface area (Å²) in [5.74, 6) is 0. The Bertz CT molecular complexity index is 376. The molecule has 0 radical (unpaired) electrons. The monoisotopic (exact) mass is 171 g/mol. The molecule has 2 nitrogen and oxygen atoms in total. The van der Waals surface area contributed by atoms with Gasteiger partial charge in [-0.2, -0.15) is 5.26 Å². The number of nitrogens with zero attached hydrogens (tertiary/aromatic N) is 1. The minimum absolute atomic E-state index is 0.0316. The molecule has 1 aromatic carbocycles. The second kappa shape index (κ2) is 3.42. The first kappa shape index (κ1) is 8.03. The molecule has 13 heavy (non-hydrogen) atoms. The SMILES string of the molecule is N#Cc1ccccc1C1C=CCO1. The summed E-state index contributed by atoms with van der Waals surface area (Å²) in [6.45, 7) is 0.643. The molecule has 1 aliphatic heterocycles. The lowest BCUT2D eigenvalue weighted by molar-refractivity contribution is 0.129. The van der Waals surface area contributed by atoms with Crippen LogP contribution < -0.4 is 0 Å². The van der Waals surface area contributed by atoms with Crippen LogP contribution in [0.4, 0.5) is 0 Å². The maximum Gasteiger partial charge on any atom is 0.102 e. The van der Waals surface area contributed by atoms with Crippen molar-refractivity contribution in [3.05, 3.63) is 47.5 Å². The molecular formula is C11H9NO. The van der Waals surface area contributed by atoms with Gasteiger partial charge < -0.3 is 4.74 Å². The Morgan fingerprint density at radius 1 is 1.38 bits per heavy atom. The molecule has 0 saturated heterocycles. The first-order valence-corrected chi connectivity index (χ1v) is 4.19. The summed E-state index contributed by atoms with van der Waals surface area (Å²) < 4.78 is 5.42. The Labute approximate surface area is 77.1 Å². The van der Waals surface area contributed by atoms with Gasteiger partial charge in [0.15, 0.2) is 0 Å². The number of hydrogen-bond acceptors (Lipinski definition) is 2. The van der Waals surface area contributed by atoms with E-state index in [0.29, 0.717) is 12.2 Å². The fourth-order valence-electron chi connectivity index (χ4n) is 1.43. The lowest BCUT2D eigenvalue weighted by Crippen LogP contribution is -1.98. The van der Waals surface area contributed by atoms with Crippen LogP contribution in [0.5, 0.6) is 0 Å². The lowest BCUT2D eigenvalue weighted by atomic mass is 10.0. The van der Waals surface area contributed by atoms with Crippen molar-refractivity contribution in [1.29, 1.82) is 5.26 Å². The number of rotatable bonds is 1. The van der Waals surface area contributed by atoms with Crippen LogP contribution in [0.25, 0.3) is 0 Å². The maximum atomic E-state index is 8.85. The van der Waals surface area contributed by atoms with Gasteiger partial charge in [0, 0.05) is 5.56 Å². The summed E-state index contributed by atoms with van der Waals surface area (Å²) in [6.07, 6.45) is 3.92. The van der Waals surface area contributed by atoms with Crippen LogP contribution in [0, 0.1) is 11.3 Å². The highest BCUT2D eigenvalue weighted by atomic mass is 16.5. The molecule has 0 saturated carbocycles. The molecule has 0 amide bonds. The molecule has 0 fully saturated rings. The van der Waals surface area contributed by atoms with Crippen molar-refractivity contribution < 1.29 is 4.74 Å². The van der Waals surface area contributed by atoms with Crippen LogP contribution in [0.1, 0.15) is 17.2 Å². The minimum atomic E-state index is -0.0316. The standard InChI is InChI=1S/C11H9NO/c12-8-9-4-1-2-5-10(9)11-6-3-7-13-11/h1-6,11H,7H2. The minimum Gasteiger partial charge on any atom is -0.365 e. The van der Waals surface area contributed by atoms with Gasteiger partial charge in [0.05, 0.1) is 18.2 Å². The van der Waals surface area contributed by atoms with E-state index in [0.717, 1.165) is 5.56 Å². The summed E-state index contributed by atoms with van der Waals surface area (Å²) in [5.41, 5.74) is 1.65. The first-order chi connectivity index (χ1) is 6.42. The highest BCUT2D eigenvalue weighted by Crippen LogP contribution is 2.25. The lowest BCUT2D eigenvalue weighted by Gasteiger charge is -2.09. The third-order valence-corrected chi connectivity index (χ3v) is 2.07. The Morgan fingerprint density at radius 2 is 2.23 bits per heavy atom. The highest BCUT2D eigenvalue weighted by molar-refractivity contribution is 5.40. The number of nitriles is 1. The number of hydrogen-bond donors (Lipinski definition) is 0. The molecule has 2 rings (SSSR count). The fraction of sp³-hybridized carbons (Fsp3) is 0.182. The van der Waals surface area contributed by atoms with Crippen LogP contribution in [-0.4, -0.2) is 6.61 Å². The fourth-order valence-corrected chi connectivity index (χ4v) is 1.43. The van der Waals surface area contributed by atoms with Crippen molar-refractivity contribution in [2.24, 2.45) is 0 Å². The van der Waals surface area contributed by atoms with Crippen molar-refractivity contribution in [2.75, 3.05) is 6.61 Å². The quantitative estimate of drug-likeness (QED) is 0.607. The van der Waals surface area contributed by atoms with E-state index in [-0.39, 0.29) is 6.10 Å². The first-order valence-electron chi connectivity index (χ1n) is 4.19. The van der Waals surface area contributed by atoms with Gasteiger partial charge in [-0.15, -0.1) is 0 Å². The van der Waals surface area contributed by atoms with Gasteiger partial charge in [0.1, 0.15) is 6.10 Å². The van der Waals surface area contributed by atoms with Gasteiger partial charge in [0.25, 0.3) is 0 Å². The topological polar surface area (TPSA) is 33.0 Å². The molecule has 0 spiro atoms. The normalized spacial score (nSPS) is 20.1. The predicted octanol–water partition coefficient (Wildman–Crippen LogP) is 2.19. The molecule has 0 N–H and O–H groups in total. The number of benzene rings is 1. The van der Waals surface area contributed by atoms with Gasteiger partial charge in [0.2, 0.25) is 0 Å². The zero-order valence-corrected chi connectivity index (χ0v) is 7.10. The van der Waals surface area contributed by atoms with Crippen LogP contribution in [0.15, 0.2) is 36.4 Å². The average Bonchev–Trinajstić information content (AvgIpc) is 2.70. The summed E-state index contributed by atoms with van der Waals surface area (Å²) in [4.78, 5) is 0. The third kappa shape index (κ3) is 1.47. The Balaban J connectivity index is 2.39. The summed E-state index contributed by atoms with van der Waals surface area (Å²) in [7, 11) is 0. The number of ether oxygens (including phenoxy) is 1. The smallest absolute Gasteiger partial charge is 0.102 e. The predicted molar refractivity (Wildman–Crippen MR) is 49.0 cm³/mol. The third-order valence-electron chi connectivity index (χ3n) is 2.07. The summed E-state index contributed by atoms with van der Waals surface area (Å²) in [5, 5.41) is 8.85. The van der Waals surface area contributed by atoms with E-state index in [1.165, 1.54) is 0 Å². The zero-order valence-electron chi connectivity index (χ0n) is 7.10. The Morgan fingerprint density at radius 3 is 2.92 bits per heavy atom. The molecule has 1 aliphatic rings. The van der Waals surface area contributed by atoms with Gasteiger partial charge in [-0.25, -0.2) is 0 Å². The molecule has 64 valence electrons. The molecule has 1 heterocycles. The second-order valence-electron chi connectivity index (χ2n) is 2.88. The van der Waals surface area contributed by atoms with E-state index in [9.17, 15) is 0 Å². The van der Waals surface area contributed by atoms with E-state index in [1.54, 1.807) is 0 Å². The van der Waals surface area contributed by atoms with Crippen molar-refractivity contribution in [1.82, 2.24) is 0 Å². The van der Waals surface area contributed by atoms with Crippen LogP contribution in [-0.2, 0) is 4.74 Å². The Hall–Kier alpha value is -1.59. The summed E-state index contributed by atoms with van der Waals surface area (Å²) in [6, 6.07) is 9.68. The van der Waals surface area contributed by atoms with Crippen molar-refractivity contribution >= 4 is 0 Å². The molecule has 0 aliphatic carbocycles. The molecule has 1 unspecified atom stereocenters. The van der Waals surface area contributed by atoms with E-state index >= 15 is 0 Å². The van der Waals surface area contributed by atoms with Crippen molar-refractivity contribution in [3.8, 4) is 6.07 Å². The second-order valence-corrected chi connectivity index (χ2v) is 2.88. The zero-order chi connectivity index (χ0) is 9.10. The van der Waals surface area contributed by atoms with Crippen LogP contribution >= 0.6 is 0 Å². The van der Waals surface area contributed by atoms with Crippen molar-refractivity contribution in [2.45, 2.75) is 6.10 Å². The van der Waals surface area contributed by atoms with Crippen molar-refractivity contribution in [3.63, 3.8) is 0 Å². The molecule has 1 aromatic rings. The van der Waals surface area contributed by atoms with E-state index in [4.69, 9.17) is 10.00 Å². The Kier molecular flexibility index (Phi) is 2.11. The van der Waals surface area contributed by atoms with E-state index in [1.807, 2.05) is 36.4 Å². The van der Waals surface area contributed by atoms with Gasteiger partial charge in [-0.3, -0.25) is 0 Å². The average molecular weight is 171 g/mol. The van der Waals surface area contributed by atoms with Gasteiger partial charge >= 0.3 is 0 Å². The van der Waals surface area contributed by atoms with Gasteiger partial charge in [-0.05, 0) is 6.07 Å². The highest BCUT2D eigenvalue weighted by Gasteiger charge is 2.14. The molecule has 2 heteroatoms. The maximum absolute atomic E-state index is 8.85. The van der Waals surface area contributed by atoms with Gasteiger partial charge in [-0.1, -0.05) is 30.4 Å². The van der Waals surface area contributed by atoms with Crippen LogP contribution in [0.2, 0.25) is 0 Å². The van der Waals surface area contributed by atoms with E-state index < -0.39 is 0 Å². The van der Waals surface area contributed by atoms with Crippen LogP contribution in [0.3, 0.4) is 0 Å². The summed E-state index contributed by atoms with van der Waals surface area (Å²) >= 11 is 0. The molecular weight excluding hydrogens is 162 g/mol. The molecule has 1 atom stereocenters. The largest absolute Gasteiger partial charge is 0.365 e.